The molecule has 0 saturated carbocycles. The van der Waals surface area contributed by atoms with Crippen molar-refractivity contribution < 1.29 is 9.90 Å². The van der Waals surface area contributed by atoms with E-state index in [1.165, 1.54) is 6.07 Å². The number of aromatic hydroxyl groups is 1. The zero-order valence-corrected chi connectivity index (χ0v) is 10.6. The normalized spacial score (nSPS) is 10.2. The molecule has 3 nitrogen and oxygen atoms in total. The Morgan fingerprint density at radius 3 is 2.69 bits per heavy atom. The molecule has 1 amide bonds. The molecule has 0 aliphatic carbocycles. The van der Waals surface area contributed by atoms with E-state index in [4.69, 9.17) is 23.2 Å². The average Bonchev–Trinajstić information content (AvgIpc) is 2.22. The summed E-state index contributed by atoms with van der Waals surface area (Å²) in [5.74, 6) is -0.300. The summed E-state index contributed by atoms with van der Waals surface area (Å²) in [6.45, 7) is 3.62. The molecule has 2 N–H and O–H groups in total. The molecule has 0 bridgehead atoms. The molecule has 16 heavy (non-hydrogen) atoms. The van der Waals surface area contributed by atoms with Gasteiger partial charge in [0, 0.05) is 17.5 Å². The lowest BCUT2D eigenvalue weighted by molar-refractivity contribution is -0.116. The number of phenols is 1. The van der Waals surface area contributed by atoms with Gasteiger partial charge in [-0.1, -0.05) is 30.1 Å². The van der Waals surface area contributed by atoms with Gasteiger partial charge >= 0.3 is 0 Å². The lowest BCUT2D eigenvalue weighted by atomic mass is 10.2. The van der Waals surface area contributed by atoms with Crippen molar-refractivity contribution in [2.75, 3.05) is 5.32 Å². The van der Waals surface area contributed by atoms with Crippen LogP contribution in [-0.4, -0.2) is 11.0 Å². The molecule has 0 aromatic heterocycles. The van der Waals surface area contributed by atoms with E-state index in [1.54, 1.807) is 6.92 Å². The van der Waals surface area contributed by atoms with Crippen LogP contribution >= 0.6 is 23.2 Å². The first-order valence-corrected chi connectivity index (χ1v) is 5.70. The molecule has 1 aromatic rings. The van der Waals surface area contributed by atoms with Gasteiger partial charge in [0.15, 0.2) is 0 Å². The van der Waals surface area contributed by atoms with E-state index in [1.807, 2.05) is 6.92 Å². The maximum atomic E-state index is 11.4. The van der Waals surface area contributed by atoms with Crippen molar-refractivity contribution in [2.45, 2.75) is 26.7 Å². The van der Waals surface area contributed by atoms with E-state index >= 15 is 0 Å². The van der Waals surface area contributed by atoms with Crippen molar-refractivity contribution >= 4 is 34.8 Å². The quantitative estimate of drug-likeness (QED) is 0.815. The predicted molar refractivity (Wildman–Crippen MR) is 66.4 cm³/mol. The molecule has 1 aromatic carbocycles. The highest BCUT2D eigenvalue weighted by Crippen LogP contribution is 2.38. The summed E-state index contributed by atoms with van der Waals surface area (Å²) in [7, 11) is 0. The Morgan fingerprint density at radius 2 is 2.12 bits per heavy atom. The van der Waals surface area contributed by atoms with Crippen molar-refractivity contribution in [2.24, 2.45) is 0 Å². The van der Waals surface area contributed by atoms with Gasteiger partial charge in [-0.2, -0.15) is 0 Å². The van der Waals surface area contributed by atoms with Crippen LogP contribution in [0.5, 0.6) is 5.75 Å². The average molecular weight is 262 g/mol. The van der Waals surface area contributed by atoms with Crippen molar-refractivity contribution in [3.63, 3.8) is 0 Å². The molecule has 5 heteroatoms. The molecular formula is C11H13Cl2NO2. The first kappa shape index (κ1) is 13.1. The largest absolute Gasteiger partial charge is 0.506 e. The summed E-state index contributed by atoms with van der Waals surface area (Å²) in [4.78, 5) is 11.4. The third-order valence-electron chi connectivity index (χ3n) is 2.17. The van der Waals surface area contributed by atoms with Crippen LogP contribution in [0.4, 0.5) is 5.69 Å². The summed E-state index contributed by atoms with van der Waals surface area (Å²) in [6.07, 6.45) is 1.12. The smallest absolute Gasteiger partial charge is 0.224 e. The third kappa shape index (κ3) is 2.80. The van der Waals surface area contributed by atoms with Crippen molar-refractivity contribution in [1.82, 2.24) is 0 Å². The number of amides is 1. The lowest BCUT2D eigenvalue weighted by Gasteiger charge is -2.12. The maximum Gasteiger partial charge on any atom is 0.224 e. The molecule has 0 spiro atoms. The Bertz CT molecular complexity index is 419. The minimum Gasteiger partial charge on any atom is -0.506 e. The van der Waals surface area contributed by atoms with Gasteiger partial charge in [-0.3, -0.25) is 4.79 Å². The zero-order valence-electron chi connectivity index (χ0n) is 9.10. The molecule has 0 saturated heterocycles. The van der Waals surface area contributed by atoms with E-state index in [0.29, 0.717) is 17.0 Å². The molecule has 0 atom stereocenters. The fraction of sp³-hybridized carbons (Fsp3) is 0.364. The number of nitrogens with one attached hydrogen (secondary N) is 1. The summed E-state index contributed by atoms with van der Waals surface area (Å²) in [6, 6.07) is 1.37. The lowest BCUT2D eigenvalue weighted by Crippen LogP contribution is -2.11. The predicted octanol–water partition coefficient (Wildman–Crippen LogP) is 3.75. The first-order chi connectivity index (χ1) is 7.47. The van der Waals surface area contributed by atoms with Crippen LogP contribution in [0.2, 0.25) is 10.0 Å². The second-order valence-electron chi connectivity index (χ2n) is 3.49. The molecule has 0 unspecified atom stereocenters. The van der Waals surface area contributed by atoms with E-state index in [-0.39, 0.29) is 22.4 Å². The number of rotatable bonds is 3. The topological polar surface area (TPSA) is 49.3 Å². The molecule has 0 radical (unpaired) electrons. The van der Waals surface area contributed by atoms with Crippen LogP contribution in [-0.2, 0) is 4.79 Å². The van der Waals surface area contributed by atoms with E-state index in [2.05, 4.69) is 5.32 Å². The number of halogens is 2. The van der Waals surface area contributed by atoms with Crippen molar-refractivity contribution in [3.05, 3.63) is 21.7 Å². The van der Waals surface area contributed by atoms with Crippen LogP contribution in [0.15, 0.2) is 6.07 Å². The van der Waals surface area contributed by atoms with E-state index in [0.717, 1.165) is 6.42 Å². The minimum absolute atomic E-state index is 0.120. The highest BCUT2D eigenvalue weighted by molar-refractivity contribution is 6.38. The fourth-order valence-corrected chi connectivity index (χ4v) is 1.75. The van der Waals surface area contributed by atoms with Crippen LogP contribution in [0.1, 0.15) is 25.3 Å². The van der Waals surface area contributed by atoms with Gasteiger partial charge < -0.3 is 10.4 Å². The van der Waals surface area contributed by atoms with E-state index < -0.39 is 0 Å². The minimum atomic E-state index is -0.179. The Balaban J connectivity index is 3.05. The number of hydrogen-bond acceptors (Lipinski definition) is 2. The standard InChI is InChI=1S/C11H13Cl2NO2/c1-3-4-9(16)14-11-8(15)5-7(12)6(2)10(11)13/h5,15H,3-4H2,1-2H3,(H,14,16). The van der Waals surface area contributed by atoms with Crippen molar-refractivity contribution in [3.8, 4) is 5.75 Å². The summed E-state index contributed by atoms with van der Waals surface area (Å²) in [5, 5.41) is 12.8. The van der Waals surface area contributed by atoms with Crippen LogP contribution in [0, 0.1) is 6.92 Å². The molecule has 0 fully saturated rings. The number of hydrogen-bond donors (Lipinski definition) is 2. The van der Waals surface area contributed by atoms with Gasteiger partial charge in [0.2, 0.25) is 5.91 Å². The first-order valence-electron chi connectivity index (χ1n) is 4.94. The zero-order chi connectivity index (χ0) is 12.3. The van der Waals surface area contributed by atoms with E-state index in [9.17, 15) is 9.90 Å². The monoisotopic (exact) mass is 261 g/mol. The third-order valence-corrected chi connectivity index (χ3v) is 3.03. The Morgan fingerprint density at radius 1 is 1.50 bits per heavy atom. The summed E-state index contributed by atoms with van der Waals surface area (Å²) in [5.41, 5.74) is 0.856. The fourth-order valence-electron chi connectivity index (χ4n) is 1.25. The van der Waals surface area contributed by atoms with Crippen LogP contribution in [0.3, 0.4) is 0 Å². The Hall–Kier alpha value is -0.930. The van der Waals surface area contributed by atoms with Gasteiger partial charge in [0.25, 0.3) is 0 Å². The molecule has 0 heterocycles. The van der Waals surface area contributed by atoms with Gasteiger partial charge in [0.1, 0.15) is 11.4 Å². The van der Waals surface area contributed by atoms with Gasteiger partial charge in [-0.05, 0) is 18.9 Å². The van der Waals surface area contributed by atoms with Crippen molar-refractivity contribution in [1.29, 1.82) is 0 Å². The number of phenolic OH excluding ortho intramolecular Hbond substituents is 1. The Labute approximate surface area is 104 Å². The molecule has 0 aliphatic heterocycles. The number of benzene rings is 1. The Kier molecular flexibility index (Phi) is 4.44. The molecule has 0 aliphatic rings. The van der Waals surface area contributed by atoms with Gasteiger partial charge in [0.05, 0.1) is 5.02 Å². The molecule has 88 valence electrons. The molecular weight excluding hydrogens is 249 g/mol. The highest BCUT2D eigenvalue weighted by atomic mass is 35.5. The van der Waals surface area contributed by atoms with Gasteiger partial charge in [-0.25, -0.2) is 0 Å². The highest BCUT2D eigenvalue weighted by Gasteiger charge is 2.14. The maximum absolute atomic E-state index is 11.4. The summed E-state index contributed by atoms with van der Waals surface area (Å²) >= 11 is 11.8. The number of carbonyl (C=O) groups is 1. The van der Waals surface area contributed by atoms with Crippen LogP contribution < -0.4 is 5.32 Å². The number of anilines is 1. The SMILES string of the molecule is CCCC(=O)Nc1c(O)cc(Cl)c(C)c1Cl. The second kappa shape index (κ2) is 5.41. The second-order valence-corrected chi connectivity index (χ2v) is 4.27. The number of carbonyl (C=O) groups excluding carboxylic acids is 1. The molecule has 1 rings (SSSR count). The van der Waals surface area contributed by atoms with Gasteiger partial charge in [-0.15, -0.1) is 0 Å². The summed E-state index contributed by atoms with van der Waals surface area (Å²) < 4.78 is 0. The van der Waals surface area contributed by atoms with Crippen LogP contribution in [0.25, 0.3) is 0 Å².